The molecule has 14 heteroatoms. The lowest BCUT2D eigenvalue weighted by Gasteiger charge is -2.42. The first-order valence-electron chi connectivity index (χ1n) is 25.3. The molecule has 0 aromatic carbocycles. The summed E-state index contributed by atoms with van der Waals surface area (Å²) in [6, 6.07) is 0. The second kappa shape index (κ2) is 37.2. The van der Waals surface area contributed by atoms with Crippen LogP contribution in [0.5, 0.6) is 0 Å². The Morgan fingerprint density at radius 3 is 1.53 bits per heavy atom. The molecule has 0 aromatic rings. The van der Waals surface area contributed by atoms with E-state index in [4.69, 9.17) is 23.7 Å². The molecule has 2 heterocycles. The van der Waals surface area contributed by atoms with Crippen LogP contribution in [0.15, 0.2) is 24.3 Å². The molecular formula is C50H90O14. The molecule has 0 amide bonds. The number of hydrogen-bond donors (Lipinski definition) is 7. The summed E-state index contributed by atoms with van der Waals surface area (Å²) < 4.78 is 28.3. The van der Waals surface area contributed by atoms with Crippen LogP contribution in [-0.4, -0.2) is 135 Å². The molecule has 64 heavy (non-hydrogen) atoms. The van der Waals surface area contributed by atoms with Gasteiger partial charge in [0.1, 0.15) is 60.7 Å². The lowest BCUT2D eigenvalue weighted by atomic mass is 9.98. The SMILES string of the molecule is CCCCCC=CCC=CCCCCCCCC(=O)CCC(COC1OC(COC2OC(CO)C(O)C(O)C2O)C(O)C(O)C1O)OC(=O)CCCCCCCCCCCCCCC. The van der Waals surface area contributed by atoms with Gasteiger partial charge in [0, 0.05) is 19.3 Å². The number of unbranched alkanes of at least 4 members (excludes halogenated alkanes) is 20. The zero-order chi connectivity index (χ0) is 46.8. The van der Waals surface area contributed by atoms with Crippen LogP contribution in [0, 0.1) is 0 Å². The third-order valence-corrected chi connectivity index (χ3v) is 12.3. The highest BCUT2D eigenvalue weighted by atomic mass is 16.7. The van der Waals surface area contributed by atoms with Crippen molar-refractivity contribution in [1.29, 1.82) is 0 Å². The van der Waals surface area contributed by atoms with Gasteiger partial charge in [-0.15, -0.1) is 0 Å². The van der Waals surface area contributed by atoms with E-state index >= 15 is 0 Å². The number of hydrogen-bond acceptors (Lipinski definition) is 14. The molecule has 11 unspecified atom stereocenters. The van der Waals surface area contributed by atoms with Crippen LogP contribution in [0.1, 0.15) is 194 Å². The maximum Gasteiger partial charge on any atom is 0.306 e. The Morgan fingerprint density at radius 2 is 0.969 bits per heavy atom. The van der Waals surface area contributed by atoms with E-state index in [9.17, 15) is 45.3 Å². The van der Waals surface area contributed by atoms with Gasteiger partial charge >= 0.3 is 5.97 Å². The molecule has 0 spiro atoms. The third-order valence-electron chi connectivity index (χ3n) is 12.3. The molecule has 0 aromatic heterocycles. The van der Waals surface area contributed by atoms with Gasteiger partial charge in [-0.05, 0) is 51.4 Å². The molecule has 2 rings (SSSR count). The maximum atomic E-state index is 13.0. The average Bonchev–Trinajstić information content (AvgIpc) is 3.29. The monoisotopic (exact) mass is 915 g/mol. The Labute approximate surface area is 385 Å². The lowest BCUT2D eigenvalue weighted by molar-refractivity contribution is -0.332. The second-order valence-corrected chi connectivity index (χ2v) is 18.0. The molecule has 2 aliphatic rings. The van der Waals surface area contributed by atoms with Gasteiger partial charge in [0.2, 0.25) is 0 Å². The number of ether oxygens (including phenoxy) is 5. The van der Waals surface area contributed by atoms with E-state index in [0.717, 1.165) is 70.6 Å². The molecule has 0 aliphatic carbocycles. The van der Waals surface area contributed by atoms with Crippen molar-refractivity contribution in [2.45, 2.75) is 261 Å². The molecule has 2 saturated heterocycles. The average molecular weight is 915 g/mol. The van der Waals surface area contributed by atoms with Crippen LogP contribution in [0.3, 0.4) is 0 Å². The Balaban J connectivity index is 1.83. The number of carbonyl (C=O) groups is 2. The molecule has 11 atom stereocenters. The van der Waals surface area contributed by atoms with Crippen LogP contribution in [0.2, 0.25) is 0 Å². The summed E-state index contributed by atoms with van der Waals surface area (Å²) >= 11 is 0. The minimum atomic E-state index is -1.73. The Morgan fingerprint density at radius 1 is 0.516 bits per heavy atom. The fourth-order valence-electron chi connectivity index (χ4n) is 8.08. The molecule has 0 radical (unpaired) electrons. The van der Waals surface area contributed by atoms with Crippen LogP contribution < -0.4 is 0 Å². The molecular weight excluding hydrogens is 825 g/mol. The Hall–Kier alpha value is -1.82. The standard InChI is InChI=1S/C50H90O14/c1-3-5-7-9-11-13-15-17-18-20-21-23-25-27-29-31-38(52)33-34-39(62-42(53)32-30-28-26-24-22-19-16-14-12-10-8-6-4-2)36-60-49-48(59)46(57)44(55)41(64-49)37-61-50-47(58)45(56)43(54)40(35-51)63-50/h11,13,17-18,39-41,43-51,54-59H,3-10,12,14-16,19-37H2,1-2H3. The highest BCUT2D eigenvalue weighted by molar-refractivity contribution is 5.78. The largest absolute Gasteiger partial charge is 0.460 e. The summed E-state index contributed by atoms with van der Waals surface area (Å²) in [4.78, 5) is 26.0. The molecule has 7 N–H and O–H groups in total. The van der Waals surface area contributed by atoms with Gasteiger partial charge in [0.05, 0.1) is 19.8 Å². The van der Waals surface area contributed by atoms with E-state index < -0.39 is 86.7 Å². The van der Waals surface area contributed by atoms with Gasteiger partial charge in [-0.2, -0.15) is 0 Å². The van der Waals surface area contributed by atoms with Crippen molar-refractivity contribution in [3.05, 3.63) is 24.3 Å². The summed E-state index contributed by atoms with van der Waals surface area (Å²) in [7, 11) is 0. The van der Waals surface area contributed by atoms with Gasteiger partial charge in [0.15, 0.2) is 12.6 Å². The number of aliphatic hydroxyl groups excluding tert-OH is 7. The predicted octanol–water partition coefficient (Wildman–Crippen LogP) is 7.18. The fourth-order valence-corrected chi connectivity index (χ4v) is 8.08. The van der Waals surface area contributed by atoms with E-state index in [1.807, 2.05) is 0 Å². The van der Waals surface area contributed by atoms with Crippen molar-refractivity contribution in [1.82, 2.24) is 0 Å². The van der Waals surface area contributed by atoms with Gasteiger partial charge in [-0.25, -0.2) is 0 Å². The summed E-state index contributed by atoms with van der Waals surface area (Å²) in [6.45, 7) is 3.02. The van der Waals surface area contributed by atoms with Crippen molar-refractivity contribution < 1.29 is 69.0 Å². The third kappa shape index (κ3) is 25.4. The molecule has 374 valence electrons. The Bertz CT molecular complexity index is 1210. The zero-order valence-electron chi connectivity index (χ0n) is 39.6. The molecule has 2 aliphatic heterocycles. The quantitative estimate of drug-likeness (QED) is 0.0185. The number of aliphatic hydroxyl groups is 7. The molecule has 2 fully saturated rings. The van der Waals surface area contributed by atoms with Gasteiger partial charge in [0.25, 0.3) is 0 Å². The van der Waals surface area contributed by atoms with Crippen LogP contribution >= 0.6 is 0 Å². The van der Waals surface area contributed by atoms with Crippen LogP contribution in [0.4, 0.5) is 0 Å². The molecule has 14 nitrogen and oxygen atoms in total. The number of allylic oxidation sites excluding steroid dienone is 4. The summed E-state index contributed by atoms with van der Waals surface area (Å²) in [6.07, 6.45) is 21.0. The number of esters is 1. The number of ketones is 1. The van der Waals surface area contributed by atoms with E-state index in [0.29, 0.717) is 12.8 Å². The van der Waals surface area contributed by atoms with Crippen molar-refractivity contribution in [3.63, 3.8) is 0 Å². The fraction of sp³-hybridized carbons (Fsp3) is 0.880. The predicted molar refractivity (Wildman–Crippen MR) is 246 cm³/mol. The maximum absolute atomic E-state index is 13.0. The van der Waals surface area contributed by atoms with Crippen molar-refractivity contribution in [2.75, 3.05) is 19.8 Å². The summed E-state index contributed by atoms with van der Waals surface area (Å²) in [5.41, 5.74) is 0. The van der Waals surface area contributed by atoms with Gasteiger partial charge < -0.3 is 59.4 Å². The minimum Gasteiger partial charge on any atom is -0.460 e. The molecule has 0 bridgehead atoms. The first-order valence-corrected chi connectivity index (χ1v) is 25.3. The van der Waals surface area contributed by atoms with Gasteiger partial charge in [-0.1, -0.05) is 147 Å². The summed E-state index contributed by atoms with van der Waals surface area (Å²) in [5, 5.41) is 72.1. The Kier molecular flexibility index (Phi) is 33.9. The first kappa shape index (κ1) is 58.3. The highest BCUT2D eigenvalue weighted by Gasteiger charge is 2.47. The normalized spacial score (nSPS) is 26.8. The minimum absolute atomic E-state index is 0.0566. The molecule has 0 saturated carbocycles. The van der Waals surface area contributed by atoms with E-state index in [2.05, 4.69) is 38.2 Å². The van der Waals surface area contributed by atoms with Crippen molar-refractivity contribution >= 4 is 11.8 Å². The van der Waals surface area contributed by atoms with E-state index in [1.165, 1.54) is 77.0 Å². The number of carbonyl (C=O) groups excluding carboxylic acids is 2. The van der Waals surface area contributed by atoms with Crippen LogP contribution in [0.25, 0.3) is 0 Å². The smallest absolute Gasteiger partial charge is 0.306 e. The highest BCUT2D eigenvalue weighted by Crippen LogP contribution is 2.27. The summed E-state index contributed by atoms with van der Waals surface area (Å²) in [5.74, 6) is -0.356. The van der Waals surface area contributed by atoms with Crippen LogP contribution in [-0.2, 0) is 33.3 Å². The van der Waals surface area contributed by atoms with E-state index in [1.54, 1.807) is 0 Å². The topological polar surface area (TPSA) is 222 Å². The van der Waals surface area contributed by atoms with Crippen molar-refractivity contribution in [3.8, 4) is 0 Å². The lowest BCUT2D eigenvalue weighted by Crippen LogP contribution is -2.61. The van der Waals surface area contributed by atoms with E-state index in [-0.39, 0.29) is 31.7 Å². The van der Waals surface area contributed by atoms with Crippen molar-refractivity contribution in [2.24, 2.45) is 0 Å². The number of Topliss-reactive ketones (excluding diaryl/α,β-unsaturated/α-hetero) is 1. The number of rotatable bonds is 39. The van der Waals surface area contributed by atoms with Gasteiger partial charge in [-0.3, -0.25) is 9.59 Å². The second-order valence-electron chi connectivity index (χ2n) is 18.0. The zero-order valence-corrected chi connectivity index (χ0v) is 39.6. The first-order chi connectivity index (χ1) is 31.0.